The first kappa shape index (κ1) is 20.1. The fraction of sp³-hybridized carbons (Fsp3) is 0.636. The van der Waals surface area contributed by atoms with Crippen molar-refractivity contribution < 1.29 is 14.0 Å². The molecule has 0 aliphatic carbocycles. The smallest absolute Gasteiger partial charge is 0.323 e. The van der Waals surface area contributed by atoms with E-state index in [-0.39, 0.29) is 23.2 Å². The van der Waals surface area contributed by atoms with E-state index in [4.69, 9.17) is 0 Å². The van der Waals surface area contributed by atoms with Crippen molar-refractivity contribution in [2.45, 2.75) is 44.1 Å². The predicted octanol–water partition coefficient (Wildman–Crippen LogP) is 2.67. The molecule has 4 rings (SSSR count). The second kappa shape index (κ2) is 7.59. The number of anilines is 1. The van der Waals surface area contributed by atoms with E-state index in [1.54, 1.807) is 38.1 Å². The van der Waals surface area contributed by atoms with E-state index in [0.29, 0.717) is 12.6 Å². The van der Waals surface area contributed by atoms with Crippen molar-refractivity contribution in [3.05, 3.63) is 29.6 Å². The summed E-state index contributed by atoms with van der Waals surface area (Å²) >= 11 is 0. The molecule has 3 heterocycles. The van der Waals surface area contributed by atoms with Gasteiger partial charge in [-0.15, -0.1) is 0 Å². The summed E-state index contributed by atoms with van der Waals surface area (Å²) in [7, 11) is 3.51. The summed E-state index contributed by atoms with van der Waals surface area (Å²) < 4.78 is 14.1. The Bertz CT molecular complexity index is 796. The Morgan fingerprint density at radius 1 is 1.10 bits per heavy atom. The number of urea groups is 1. The standard InChI is InChI=1S/C22H31FN4O2/c1-16(28)25-10-6-18(7-11-25)26-12-8-22(9-13-26)15-27(21(29)24(2)3)20-5-4-17(23)14-19(20)22/h4-5,14,18H,6-13,15H2,1-3H3. The van der Waals surface area contributed by atoms with Crippen molar-refractivity contribution in [3.8, 4) is 0 Å². The molecule has 0 saturated carbocycles. The second-order valence-electron chi connectivity index (χ2n) is 8.98. The maximum absolute atomic E-state index is 14.1. The summed E-state index contributed by atoms with van der Waals surface area (Å²) in [6.45, 7) is 5.83. The van der Waals surface area contributed by atoms with Crippen LogP contribution in [0.2, 0.25) is 0 Å². The van der Waals surface area contributed by atoms with Crippen molar-refractivity contribution >= 4 is 17.6 Å². The van der Waals surface area contributed by atoms with Crippen LogP contribution in [0.3, 0.4) is 0 Å². The lowest BCUT2D eigenvalue weighted by molar-refractivity contribution is -0.130. The molecule has 6 nitrogen and oxygen atoms in total. The molecule has 0 unspecified atom stereocenters. The summed E-state index contributed by atoms with van der Waals surface area (Å²) in [5, 5.41) is 0. The largest absolute Gasteiger partial charge is 0.343 e. The monoisotopic (exact) mass is 402 g/mol. The summed E-state index contributed by atoms with van der Waals surface area (Å²) in [4.78, 5) is 32.2. The van der Waals surface area contributed by atoms with Gasteiger partial charge in [0.2, 0.25) is 5.91 Å². The van der Waals surface area contributed by atoms with Gasteiger partial charge in [0.25, 0.3) is 0 Å². The number of hydrogen-bond donors (Lipinski definition) is 0. The highest BCUT2D eigenvalue weighted by Gasteiger charge is 2.47. The number of hydrogen-bond acceptors (Lipinski definition) is 3. The number of halogens is 1. The van der Waals surface area contributed by atoms with E-state index in [1.165, 1.54) is 6.07 Å². The van der Waals surface area contributed by atoms with Crippen LogP contribution in [0, 0.1) is 5.82 Å². The molecule has 3 aliphatic heterocycles. The van der Waals surface area contributed by atoms with Crippen molar-refractivity contribution in [1.29, 1.82) is 0 Å². The molecule has 29 heavy (non-hydrogen) atoms. The van der Waals surface area contributed by atoms with Crippen LogP contribution in [-0.4, -0.2) is 79.5 Å². The summed E-state index contributed by atoms with van der Waals surface area (Å²) in [5.74, 6) is -0.0717. The number of fused-ring (bicyclic) bond motifs is 2. The molecule has 2 saturated heterocycles. The van der Waals surface area contributed by atoms with Gasteiger partial charge in [-0.1, -0.05) is 0 Å². The molecular weight excluding hydrogens is 371 g/mol. The summed E-state index contributed by atoms with van der Waals surface area (Å²) in [6, 6.07) is 5.31. The lowest BCUT2D eigenvalue weighted by atomic mass is 9.74. The van der Waals surface area contributed by atoms with Crippen molar-refractivity contribution in [3.63, 3.8) is 0 Å². The van der Waals surface area contributed by atoms with Gasteiger partial charge in [-0.05, 0) is 62.5 Å². The highest BCUT2D eigenvalue weighted by Crippen LogP contribution is 2.48. The Labute approximate surface area is 172 Å². The molecular formula is C22H31FN4O2. The van der Waals surface area contributed by atoms with Crippen molar-refractivity contribution in [2.24, 2.45) is 0 Å². The fourth-order valence-corrected chi connectivity index (χ4v) is 5.34. The minimum absolute atomic E-state index is 0.0474. The Morgan fingerprint density at radius 2 is 1.76 bits per heavy atom. The van der Waals surface area contributed by atoms with Gasteiger partial charge in [0.1, 0.15) is 5.82 Å². The van der Waals surface area contributed by atoms with Gasteiger partial charge in [-0.25, -0.2) is 9.18 Å². The average Bonchev–Trinajstić information content (AvgIpc) is 3.01. The minimum Gasteiger partial charge on any atom is -0.343 e. The lowest BCUT2D eigenvalue weighted by Gasteiger charge is -2.45. The molecule has 0 radical (unpaired) electrons. The van der Waals surface area contributed by atoms with Crippen LogP contribution < -0.4 is 4.90 Å². The van der Waals surface area contributed by atoms with E-state index in [1.807, 2.05) is 9.80 Å². The van der Waals surface area contributed by atoms with Gasteiger partial charge >= 0.3 is 6.03 Å². The number of likely N-dealkylation sites (tertiary alicyclic amines) is 2. The second-order valence-corrected chi connectivity index (χ2v) is 8.98. The molecule has 2 fully saturated rings. The van der Waals surface area contributed by atoms with Gasteiger partial charge in [-0.3, -0.25) is 9.69 Å². The fourth-order valence-electron chi connectivity index (χ4n) is 5.34. The first-order chi connectivity index (χ1) is 13.8. The molecule has 0 atom stereocenters. The number of benzene rings is 1. The van der Waals surface area contributed by atoms with Crippen LogP contribution in [0.15, 0.2) is 18.2 Å². The van der Waals surface area contributed by atoms with Gasteiger partial charge in [0.15, 0.2) is 0 Å². The number of amides is 3. The SMILES string of the molecule is CC(=O)N1CCC(N2CCC3(CC2)CN(C(=O)N(C)C)c2ccc(F)cc23)CC1. The number of nitrogens with zero attached hydrogens (tertiary/aromatic N) is 4. The summed E-state index contributed by atoms with van der Waals surface area (Å²) in [6.07, 6.45) is 3.88. The third-order valence-electron chi connectivity index (χ3n) is 7.08. The van der Waals surface area contributed by atoms with Gasteiger partial charge in [0.05, 0.1) is 0 Å². The third-order valence-corrected chi connectivity index (χ3v) is 7.08. The van der Waals surface area contributed by atoms with Gasteiger partial charge < -0.3 is 14.7 Å². The maximum atomic E-state index is 14.1. The van der Waals surface area contributed by atoms with Crippen LogP contribution in [0.1, 0.15) is 38.2 Å². The van der Waals surface area contributed by atoms with Crippen LogP contribution in [-0.2, 0) is 10.2 Å². The predicted molar refractivity (Wildman–Crippen MR) is 111 cm³/mol. The highest BCUT2D eigenvalue weighted by atomic mass is 19.1. The van der Waals surface area contributed by atoms with Gasteiger partial charge in [-0.2, -0.15) is 0 Å². The Hall–Kier alpha value is -2.15. The first-order valence-corrected chi connectivity index (χ1v) is 10.6. The van der Waals surface area contributed by atoms with Crippen molar-refractivity contribution in [2.75, 3.05) is 51.7 Å². The first-order valence-electron chi connectivity index (χ1n) is 10.6. The normalized spacial score (nSPS) is 22.1. The third kappa shape index (κ3) is 3.61. The van der Waals surface area contributed by atoms with Crippen LogP contribution in [0.25, 0.3) is 0 Å². The summed E-state index contributed by atoms with van der Waals surface area (Å²) in [5.41, 5.74) is 1.67. The average molecular weight is 403 g/mol. The van der Waals surface area contributed by atoms with Gasteiger partial charge in [0, 0.05) is 57.8 Å². The highest BCUT2D eigenvalue weighted by molar-refractivity contribution is 5.95. The minimum atomic E-state index is -0.235. The van der Waals surface area contributed by atoms with E-state index in [9.17, 15) is 14.0 Å². The number of piperidine rings is 2. The molecule has 158 valence electrons. The van der Waals surface area contributed by atoms with E-state index in [0.717, 1.165) is 63.1 Å². The molecule has 1 spiro atoms. The Morgan fingerprint density at radius 3 is 2.34 bits per heavy atom. The Balaban J connectivity index is 1.49. The maximum Gasteiger partial charge on any atom is 0.323 e. The molecule has 3 aliphatic rings. The molecule has 0 aromatic heterocycles. The number of carbonyl (C=O) groups excluding carboxylic acids is 2. The topological polar surface area (TPSA) is 47.1 Å². The van der Waals surface area contributed by atoms with Crippen LogP contribution >= 0.6 is 0 Å². The molecule has 0 N–H and O–H groups in total. The van der Waals surface area contributed by atoms with Crippen LogP contribution in [0.4, 0.5) is 14.9 Å². The van der Waals surface area contributed by atoms with E-state index in [2.05, 4.69) is 4.90 Å². The molecule has 1 aromatic carbocycles. The molecule has 1 aromatic rings. The molecule has 0 bridgehead atoms. The zero-order valence-electron chi connectivity index (χ0n) is 17.7. The van der Waals surface area contributed by atoms with Crippen LogP contribution in [0.5, 0.6) is 0 Å². The molecule has 3 amide bonds. The van der Waals surface area contributed by atoms with E-state index < -0.39 is 0 Å². The van der Waals surface area contributed by atoms with E-state index >= 15 is 0 Å². The quantitative estimate of drug-likeness (QED) is 0.726. The number of carbonyl (C=O) groups is 2. The number of rotatable bonds is 1. The Kier molecular flexibility index (Phi) is 5.27. The zero-order chi connectivity index (χ0) is 20.8. The zero-order valence-corrected chi connectivity index (χ0v) is 17.7. The van der Waals surface area contributed by atoms with Crippen molar-refractivity contribution in [1.82, 2.24) is 14.7 Å². The lowest BCUT2D eigenvalue weighted by Crippen LogP contribution is -2.52. The molecule has 7 heteroatoms.